The van der Waals surface area contributed by atoms with Crippen LogP contribution in [0.2, 0.25) is 0 Å². The summed E-state index contributed by atoms with van der Waals surface area (Å²) in [7, 11) is 1.34. The molecule has 0 saturated heterocycles. The molecule has 3 aromatic rings. The molecule has 28 heavy (non-hydrogen) atoms. The van der Waals surface area contributed by atoms with Crippen LogP contribution < -0.4 is 11.1 Å². The molecule has 0 bridgehead atoms. The van der Waals surface area contributed by atoms with Gasteiger partial charge >= 0.3 is 5.97 Å². The van der Waals surface area contributed by atoms with Gasteiger partial charge in [0, 0.05) is 30.4 Å². The maximum Gasteiger partial charge on any atom is 0.330 e. The zero-order chi connectivity index (χ0) is 19.8. The van der Waals surface area contributed by atoms with E-state index in [-0.39, 0.29) is 0 Å². The van der Waals surface area contributed by atoms with E-state index < -0.39 is 5.97 Å². The van der Waals surface area contributed by atoms with Gasteiger partial charge in [0.1, 0.15) is 0 Å². The second kappa shape index (κ2) is 9.14. The molecule has 0 radical (unpaired) electrons. The lowest BCUT2D eigenvalue weighted by atomic mass is 10.1. The van der Waals surface area contributed by atoms with Gasteiger partial charge < -0.3 is 15.8 Å². The van der Waals surface area contributed by atoms with Crippen molar-refractivity contribution in [1.29, 1.82) is 0 Å². The Balaban J connectivity index is 1.73. The quantitative estimate of drug-likeness (QED) is 0.499. The van der Waals surface area contributed by atoms with Gasteiger partial charge in [0.25, 0.3) is 0 Å². The van der Waals surface area contributed by atoms with E-state index in [1.807, 2.05) is 42.5 Å². The van der Waals surface area contributed by atoms with Crippen molar-refractivity contribution in [2.45, 2.75) is 0 Å². The highest BCUT2D eigenvalue weighted by Crippen LogP contribution is 2.21. The lowest BCUT2D eigenvalue weighted by Gasteiger charge is -2.08. The first kappa shape index (κ1) is 18.8. The van der Waals surface area contributed by atoms with Crippen LogP contribution in [0.4, 0.5) is 17.2 Å². The Hall–Kier alpha value is -3.93. The van der Waals surface area contributed by atoms with Crippen LogP contribution in [-0.4, -0.2) is 23.0 Å². The predicted molar refractivity (Wildman–Crippen MR) is 113 cm³/mol. The summed E-state index contributed by atoms with van der Waals surface area (Å²) in [4.78, 5) is 19.6. The minimum Gasteiger partial charge on any atom is -0.466 e. The van der Waals surface area contributed by atoms with E-state index in [9.17, 15) is 4.79 Å². The lowest BCUT2D eigenvalue weighted by Crippen LogP contribution is -1.98. The van der Waals surface area contributed by atoms with E-state index in [0.29, 0.717) is 11.5 Å². The Morgan fingerprint density at radius 2 is 1.82 bits per heavy atom. The van der Waals surface area contributed by atoms with E-state index in [1.54, 1.807) is 36.8 Å². The Bertz CT molecular complexity index is 1030. The number of pyridine rings is 2. The summed E-state index contributed by atoms with van der Waals surface area (Å²) in [6, 6.07) is 13.4. The summed E-state index contributed by atoms with van der Waals surface area (Å²) in [6.07, 6.45) is 12.1. The highest BCUT2D eigenvalue weighted by molar-refractivity contribution is 5.87. The van der Waals surface area contributed by atoms with Gasteiger partial charge in [0.2, 0.25) is 0 Å². The fourth-order valence-electron chi connectivity index (χ4n) is 2.46. The molecule has 0 aliphatic heterocycles. The van der Waals surface area contributed by atoms with Crippen LogP contribution in [0.25, 0.3) is 18.2 Å². The van der Waals surface area contributed by atoms with Crippen molar-refractivity contribution in [3.8, 4) is 0 Å². The molecule has 1 aromatic carbocycles. The summed E-state index contributed by atoms with van der Waals surface area (Å²) in [6.45, 7) is 0. The number of hydrogen-bond acceptors (Lipinski definition) is 6. The summed E-state index contributed by atoms with van der Waals surface area (Å²) in [5, 5.41) is 3.22. The molecule has 3 rings (SSSR count). The molecule has 3 N–H and O–H groups in total. The highest BCUT2D eigenvalue weighted by Gasteiger charge is 2.00. The number of methoxy groups -OCH3 is 1. The number of carbonyl (C=O) groups excluding carboxylic acids is 1. The number of esters is 1. The van der Waals surface area contributed by atoms with Crippen LogP contribution >= 0.6 is 0 Å². The van der Waals surface area contributed by atoms with E-state index in [1.165, 1.54) is 13.2 Å². The number of carbonyl (C=O) groups is 1. The first-order valence-electron chi connectivity index (χ1n) is 8.61. The van der Waals surface area contributed by atoms with Crippen molar-refractivity contribution < 1.29 is 9.53 Å². The maximum atomic E-state index is 11.2. The third kappa shape index (κ3) is 5.28. The predicted octanol–water partition coefficient (Wildman–Crippen LogP) is 4.16. The second-order valence-corrected chi connectivity index (χ2v) is 5.93. The molecule has 0 atom stereocenters. The molecule has 0 unspecified atom stereocenters. The minimum absolute atomic E-state index is 0.404. The van der Waals surface area contributed by atoms with E-state index in [2.05, 4.69) is 20.0 Å². The number of ether oxygens (including phenoxy) is 1. The first-order valence-corrected chi connectivity index (χ1v) is 8.61. The number of nitrogen functional groups attached to an aromatic ring is 1. The number of nitrogens with zero attached hydrogens (tertiary/aromatic N) is 2. The van der Waals surface area contributed by atoms with Crippen LogP contribution in [0.15, 0.2) is 67.1 Å². The normalized spacial score (nSPS) is 11.0. The SMILES string of the molecule is COC(=O)/C=C/c1cncc(/C=C/c2cccc(Nc3ncccc3N)c2)c1. The smallest absolute Gasteiger partial charge is 0.330 e. The zero-order valence-corrected chi connectivity index (χ0v) is 15.4. The molecule has 6 heteroatoms. The van der Waals surface area contributed by atoms with Gasteiger partial charge in [-0.05, 0) is 53.1 Å². The van der Waals surface area contributed by atoms with Crippen molar-refractivity contribution in [3.05, 3.63) is 83.8 Å². The third-order valence-electron chi connectivity index (χ3n) is 3.85. The molecule has 0 amide bonds. The van der Waals surface area contributed by atoms with E-state index in [0.717, 1.165) is 22.4 Å². The summed E-state index contributed by atoms with van der Waals surface area (Å²) >= 11 is 0. The second-order valence-electron chi connectivity index (χ2n) is 5.93. The molecule has 0 aliphatic carbocycles. The molecule has 2 heterocycles. The van der Waals surface area contributed by atoms with Crippen molar-refractivity contribution >= 4 is 41.4 Å². The summed E-state index contributed by atoms with van der Waals surface area (Å²) < 4.78 is 4.59. The monoisotopic (exact) mass is 372 g/mol. The zero-order valence-electron chi connectivity index (χ0n) is 15.4. The Kier molecular flexibility index (Phi) is 6.15. The fraction of sp³-hybridized carbons (Fsp3) is 0.0455. The minimum atomic E-state index is -0.404. The summed E-state index contributed by atoms with van der Waals surface area (Å²) in [5.41, 5.74) is 10.1. The molecule has 0 spiro atoms. The van der Waals surface area contributed by atoms with Crippen molar-refractivity contribution in [3.63, 3.8) is 0 Å². The molecule has 6 nitrogen and oxygen atoms in total. The van der Waals surface area contributed by atoms with E-state index in [4.69, 9.17) is 5.73 Å². The number of benzene rings is 1. The molecule has 140 valence electrons. The van der Waals surface area contributed by atoms with Gasteiger partial charge in [-0.2, -0.15) is 0 Å². The van der Waals surface area contributed by atoms with Crippen LogP contribution in [0.5, 0.6) is 0 Å². The van der Waals surface area contributed by atoms with Crippen molar-refractivity contribution in [2.75, 3.05) is 18.2 Å². The molecule has 0 saturated carbocycles. The number of rotatable bonds is 6. The molecule has 0 aliphatic rings. The number of hydrogen-bond donors (Lipinski definition) is 2. The average molecular weight is 372 g/mol. The molecule has 2 aromatic heterocycles. The molecular weight excluding hydrogens is 352 g/mol. The van der Waals surface area contributed by atoms with Gasteiger partial charge in [-0.1, -0.05) is 24.3 Å². The Morgan fingerprint density at radius 3 is 2.61 bits per heavy atom. The van der Waals surface area contributed by atoms with Gasteiger partial charge in [-0.25, -0.2) is 9.78 Å². The van der Waals surface area contributed by atoms with Crippen LogP contribution in [0.3, 0.4) is 0 Å². The maximum absolute atomic E-state index is 11.2. The summed E-state index contributed by atoms with van der Waals surface area (Å²) in [5.74, 6) is 0.219. The standard InChI is InChI=1S/C22H20N4O2/c1-28-21(27)10-9-18-12-17(14-24-15-18)8-7-16-4-2-5-19(13-16)26-22-20(23)6-3-11-25-22/h2-15H,23H2,1H3,(H,25,26)/b8-7+,10-9+. The number of nitrogens with one attached hydrogen (secondary N) is 1. The largest absolute Gasteiger partial charge is 0.466 e. The Morgan fingerprint density at radius 1 is 1.04 bits per heavy atom. The fourth-order valence-corrected chi connectivity index (χ4v) is 2.46. The van der Waals surface area contributed by atoms with Crippen LogP contribution in [0.1, 0.15) is 16.7 Å². The van der Waals surface area contributed by atoms with Gasteiger partial charge in [0.15, 0.2) is 5.82 Å². The number of aromatic nitrogens is 2. The topological polar surface area (TPSA) is 90.1 Å². The van der Waals surface area contributed by atoms with Crippen LogP contribution in [0, 0.1) is 0 Å². The highest BCUT2D eigenvalue weighted by atomic mass is 16.5. The number of anilines is 3. The third-order valence-corrected chi connectivity index (χ3v) is 3.85. The molecular formula is C22H20N4O2. The number of nitrogens with two attached hydrogens (primary N) is 1. The van der Waals surface area contributed by atoms with Crippen molar-refractivity contribution in [1.82, 2.24) is 9.97 Å². The van der Waals surface area contributed by atoms with Gasteiger partial charge in [-0.15, -0.1) is 0 Å². The lowest BCUT2D eigenvalue weighted by molar-refractivity contribution is -0.134. The van der Waals surface area contributed by atoms with E-state index >= 15 is 0 Å². The van der Waals surface area contributed by atoms with Gasteiger partial charge in [-0.3, -0.25) is 4.98 Å². The Labute approximate surface area is 163 Å². The van der Waals surface area contributed by atoms with Crippen LogP contribution in [-0.2, 0) is 9.53 Å². The first-order chi connectivity index (χ1) is 13.6. The van der Waals surface area contributed by atoms with Crippen molar-refractivity contribution in [2.24, 2.45) is 0 Å². The molecule has 0 fully saturated rings. The average Bonchev–Trinajstić information content (AvgIpc) is 2.73. The van der Waals surface area contributed by atoms with Gasteiger partial charge in [0.05, 0.1) is 12.8 Å².